The fourth-order valence-corrected chi connectivity index (χ4v) is 2.36. The highest BCUT2D eigenvalue weighted by atomic mass is 15.2. The van der Waals surface area contributed by atoms with E-state index in [1.165, 1.54) is 12.0 Å². The van der Waals surface area contributed by atoms with Gasteiger partial charge in [0.1, 0.15) is 0 Å². The van der Waals surface area contributed by atoms with E-state index in [1.807, 2.05) is 26.1 Å². The summed E-state index contributed by atoms with van der Waals surface area (Å²) in [5.41, 5.74) is 2.28. The van der Waals surface area contributed by atoms with E-state index in [4.69, 9.17) is 5.26 Å². The molecule has 0 amide bonds. The lowest BCUT2D eigenvalue weighted by Gasteiger charge is -2.26. The first-order valence-electron chi connectivity index (χ1n) is 5.80. The van der Waals surface area contributed by atoms with Crippen molar-refractivity contribution in [2.24, 2.45) is 0 Å². The number of pyridine rings is 1. The summed E-state index contributed by atoms with van der Waals surface area (Å²) in [7, 11) is 0. The number of likely N-dealkylation sites (tertiary alicyclic amines) is 1. The second kappa shape index (κ2) is 4.63. The molecular formula is C13H17N3. The molecule has 1 saturated heterocycles. The first-order valence-corrected chi connectivity index (χ1v) is 5.80. The van der Waals surface area contributed by atoms with E-state index in [2.05, 4.69) is 22.0 Å². The minimum atomic E-state index is -0.00574. The average molecular weight is 215 g/mol. The summed E-state index contributed by atoms with van der Waals surface area (Å²) in [5, 5.41) is 9.00. The van der Waals surface area contributed by atoms with Gasteiger partial charge in [0.15, 0.2) is 0 Å². The van der Waals surface area contributed by atoms with Gasteiger partial charge in [-0.1, -0.05) is 6.07 Å². The molecule has 0 unspecified atom stereocenters. The Labute approximate surface area is 96.7 Å². The van der Waals surface area contributed by atoms with Gasteiger partial charge >= 0.3 is 0 Å². The van der Waals surface area contributed by atoms with E-state index in [1.54, 1.807) is 0 Å². The minimum absolute atomic E-state index is 0.00574. The maximum Gasteiger partial charge on any atom is 0.0954 e. The fraction of sp³-hybridized carbons (Fsp3) is 0.538. The van der Waals surface area contributed by atoms with Crippen LogP contribution in [-0.2, 0) is 0 Å². The standard InChI is InChI=1S/C13H17N3/c1-10-5-6-12(9-15-10)13-4-3-7-16(13)11(2)8-14/h5-6,9,11,13H,3-4,7H2,1-2H3/t11-,13+/m0/s1. The third-order valence-electron chi connectivity index (χ3n) is 3.30. The zero-order chi connectivity index (χ0) is 11.5. The van der Waals surface area contributed by atoms with Crippen molar-refractivity contribution in [2.75, 3.05) is 6.54 Å². The van der Waals surface area contributed by atoms with Crippen LogP contribution in [0.3, 0.4) is 0 Å². The summed E-state index contributed by atoms with van der Waals surface area (Å²) in [6.07, 6.45) is 4.25. The molecule has 1 aliphatic heterocycles. The summed E-state index contributed by atoms with van der Waals surface area (Å²) in [4.78, 5) is 6.60. The smallest absolute Gasteiger partial charge is 0.0954 e. The summed E-state index contributed by atoms with van der Waals surface area (Å²) < 4.78 is 0. The third kappa shape index (κ3) is 2.07. The Balaban J connectivity index is 2.20. The Morgan fingerprint density at radius 1 is 1.56 bits per heavy atom. The number of nitriles is 1. The molecule has 1 aliphatic rings. The van der Waals surface area contributed by atoms with Crippen LogP contribution >= 0.6 is 0 Å². The van der Waals surface area contributed by atoms with Gasteiger partial charge in [-0.25, -0.2) is 0 Å². The van der Waals surface area contributed by atoms with Crippen molar-refractivity contribution in [1.82, 2.24) is 9.88 Å². The Bertz CT molecular complexity index is 391. The lowest BCUT2D eigenvalue weighted by Crippen LogP contribution is -2.31. The molecular weight excluding hydrogens is 198 g/mol. The lowest BCUT2D eigenvalue weighted by atomic mass is 10.1. The van der Waals surface area contributed by atoms with E-state index >= 15 is 0 Å². The first-order chi connectivity index (χ1) is 7.72. The van der Waals surface area contributed by atoms with Crippen molar-refractivity contribution >= 4 is 0 Å². The van der Waals surface area contributed by atoms with E-state index in [9.17, 15) is 0 Å². The highest BCUT2D eigenvalue weighted by Crippen LogP contribution is 2.32. The molecule has 0 spiro atoms. The van der Waals surface area contributed by atoms with Crippen LogP contribution in [0.25, 0.3) is 0 Å². The zero-order valence-corrected chi connectivity index (χ0v) is 9.85. The van der Waals surface area contributed by atoms with Gasteiger partial charge in [-0.3, -0.25) is 9.88 Å². The maximum absolute atomic E-state index is 9.00. The summed E-state index contributed by atoms with van der Waals surface area (Å²) in [6, 6.07) is 6.87. The quantitative estimate of drug-likeness (QED) is 0.760. The molecule has 0 aliphatic carbocycles. The summed E-state index contributed by atoms with van der Waals surface area (Å²) in [5.74, 6) is 0. The molecule has 3 nitrogen and oxygen atoms in total. The van der Waals surface area contributed by atoms with Crippen LogP contribution in [0.15, 0.2) is 18.3 Å². The molecule has 0 radical (unpaired) electrons. The molecule has 84 valence electrons. The number of aryl methyl sites for hydroxylation is 1. The summed E-state index contributed by atoms with van der Waals surface area (Å²) in [6.45, 7) is 4.99. The zero-order valence-electron chi connectivity index (χ0n) is 9.85. The first kappa shape index (κ1) is 11.1. The number of hydrogen-bond acceptors (Lipinski definition) is 3. The Kier molecular flexibility index (Phi) is 3.21. The van der Waals surface area contributed by atoms with E-state index < -0.39 is 0 Å². The highest BCUT2D eigenvalue weighted by molar-refractivity contribution is 5.19. The molecule has 0 N–H and O–H groups in total. The van der Waals surface area contributed by atoms with Gasteiger partial charge in [0.2, 0.25) is 0 Å². The van der Waals surface area contributed by atoms with Gasteiger partial charge in [0.05, 0.1) is 12.1 Å². The van der Waals surface area contributed by atoms with Gasteiger partial charge in [-0.2, -0.15) is 5.26 Å². The lowest BCUT2D eigenvalue weighted by molar-refractivity contribution is 0.229. The molecule has 16 heavy (non-hydrogen) atoms. The third-order valence-corrected chi connectivity index (χ3v) is 3.30. The normalized spacial score (nSPS) is 22.9. The summed E-state index contributed by atoms with van der Waals surface area (Å²) >= 11 is 0. The van der Waals surface area contributed by atoms with E-state index in [0.717, 1.165) is 18.7 Å². The highest BCUT2D eigenvalue weighted by Gasteiger charge is 2.29. The van der Waals surface area contributed by atoms with Crippen LogP contribution in [0.2, 0.25) is 0 Å². The van der Waals surface area contributed by atoms with Crippen molar-refractivity contribution in [3.63, 3.8) is 0 Å². The van der Waals surface area contributed by atoms with Crippen LogP contribution in [0.1, 0.15) is 37.1 Å². The van der Waals surface area contributed by atoms with Crippen molar-refractivity contribution in [3.8, 4) is 6.07 Å². The monoisotopic (exact) mass is 215 g/mol. The van der Waals surface area contributed by atoms with Crippen molar-refractivity contribution in [3.05, 3.63) is 29.6 Å². The largest absolute Gasteiger partial charge is 0.281 e. The molecule has 3 heteroatoms. The molecule has 0 bridgehead atoms. The van der Waals surface area contributed by atoms with Crippen molar-refractivity contribution in [1.29, 1.82) is 5.26 Å². The van der Waals surface area contributed by atoms with Crippen molar-refractivity contribution in [2.45, 2.75) is 38.8 Å². The van der Waals surface area contributed by atoms with Gasteiger partial charge in [-0.15, -0.1) is 0 Å². The molecule has 0 aromatic carbocycles. The van der Waals surface area contributed by atoms with E-state index in [0.29, 0.717) is 6.04 Å². The van der Waals surface area contributed by atoms with Gasteiger partial charge < -0.3 is 0 Å². The molecule has 1 aromatic rings. The Morgan fingerprint density at radius 2 is 2.38 bits per heavy atom. The average Bonchev–Trinajstić information content (AvgIpc) is 2.78. The number of hydrogen-bond donors (Lipinski definition) is 0. The molecule has 2 rings (SSSR count). The van der Waals surface area contributed by atoms with Crippen LogP contribution < -0.4 is 0 Å². The Morgan fingerprint density at radius 3 is 3.00 bits per heavy atom. The fourth-order valence-electron chi connectivity index (χ4n) is 2.36. The maximum atomic E-state index is 9.00. The molecule has 2 atom stereocenters. The molecule has 1 aromatic heterocycles. The molecule has 1 fully saturated rings. The van der Waals surface area contributed by atoms with Gasteiger partial charge in [0.25, 0.3) is 0 Å². The second-order valence-corrected chi connectivity index (χ2v) is 4.43. The predicted octanol–water partition coefficient (Wildman–Crippen LogP) is 2.44. The van der Waals surface area contributed by atoms with Crippen LogP contribution in [-0.4, -0.2) is 22.5 Å². The van der Waals surface area contributed by atoms with Crippen molar-refractivity contribution < 1.29 is 0 Å². The van der Waals surface area contributed by atoms with Crippen LogP contribution in [0, 0.1) is 18.3 Å². The molecule has 0 saturated carbocycles. The second-order valence-electron chi connectivity index (χ2n) is 4.43. The Hall–Kier alpha value is -1.40. The molecule has 2 heterocycles. The van der Waals surface area contributed by atoms with Gasteiger partial charge in [0, 0.05) is 24.5 Å². The topological polar surface area (TPSA) is 39.9 Å². The SMILES string of the molecule is Cc1ccc([C@H]2CCCN2[C@@H](C)C#N)cn1. The number of nitrogens with zero attached hydrogens (tertiary/aromatic N) is 3. The predicted molar refractivity (Wildman–Crippen MR) is 62.7 cm³/mol. The van der Waals surface area contributed by atoms with E-state index in [-0.39, 0.29) is 6.04 Å². The van der Waals surface area contributed by atoms with Crippen LogP contribution in [0.5, 0.6) is 0 Å². The van der Waals surface area contributed by atoms with Gasteiger partial charge in [-0.05, 0) is 38.3 Å². The van der Waals surface area contributed by atoms with Crippen LogP contribution in [0.4, 0.5) is 0 Å². The minimum Gasteiger partial charge on any atom is -0.281 e. The number of rotatable bonds is 2. The number of aromatic nitrogens is 1.